The molecule has 0 radical (unpaired) electrons. The average molecular weight is 471 g/mol. The Labute approximate surface area is 201 Å². The van der Waals surface area contributed by atoms with Crippen molar-refractivity contribution in [1.29, 1.82) is 0 Å². The quantitative estimate of drug-likeness (QED) is 0.366. The molecule has 0 bridgehead atoms. The number of methoxy groups -OCH3 is 4. The first kappa shape index (κ1) is 25.4. The summed E-state index contributed by atoms with van der Waals surface area (Å²) in [6, 6.07) is 11.8. The van der Waals surface area contributed by atoms with Gasteiger partial charge >= 0.3 is 5.97 Å². The molecule has 0 N–H and O–H groups in total. The van der Waals surface area contributed by atoms with Gasteiger partial charge in [-0.15, -0.1) is 0 Å². The Kier molecular flexibility index (Phi) is 8.82. The van der Waals surface area contributed by atoms with Crippen molar-refractivity contribution in [2.24, 2.45) is 11.8 Å². The molecule has 0 aliphatic carbocycles. The van der Waals surface area contributed by atoms with Crippen LogP contribution < -0.4 is 18.9 Å². The van der Waals surface area contributed by atoms with Crippen molar-refractivity contribution in [3.05, 3.63) is 59.2 Å². The number of ether oxygens (including phenoxy) is 6. The number of benzene rings is 2. The molecule has 0 unspecified atom stereocenters. The lowest BCUT2D eigenvalue weighted by atomic mass is 9.84. The Bertz CT molecular complexity index is 972. The zero-order valence-corrected chi connectivity index (χ0v) is 20.8. The van der Waals surface area contributed by atoms with E-state index >= 15 is 0 Å². The number of rotatable bonds is 10. The molecule has 0 amide bonds. The van der Waals surface area contributed by atoms with Crippen LogP contribution >= 0.6 is 0 Å². The van der Waals surface area contributed by atoms with Gasteiger partial charge in [-0.3, -0.25) is 0 Å². The first-order chi connectivity index (χ1) is 16.4. The number of hydrogen-bond acceptors (Lipinski definition) is 7. The largest absolute Gasteiger partial charge is 0.497 e. The van der Waals surface area contributed by atoms with Crippen LogP contribution in [-0.2, 0) is 20.7 Å². The second-order valence-electron chi connectivity index (χ2n) is 8.26. The number of hydrogen-bond donors (Lipinski definition) is 0. The van der Waals surface area contributed by atoms with Crippen molar-refractivity contribution >= 4 is 5.97 Å². The second kappa shape index (κ2) is 11.8. The topological polar surface area (TPSA) is 72.5 Å². The van der Waals surface area contributed by atoms with Gasteiger partial charge in [-0.25, -0.2) is 4.79 Å². The van der Waals surface area contributed by atoms with Crippen LogP contribution in [0.15, 0.2) is 48.0 Å². The van der Waals surface area contributed by atoms with Crippen LogP contribution in [0.1, 0.15) is 31.1 Å². The number of esters is 1. The molecule has 3 rings (SSSR count). The van der Waals surface area contributed by atoms with Gasteiger partial charge in [-0.1, -0.05) is 18.2 Å². The molecule has 2 aromatic carbocycles. The fourth-order valence-electron chi connectivity index (χ4n) is 4.23. The van der Waals surface area contributed by atoms with Crippen LogP contribution in [0.3, 0.4) is 0 Å². The van der Waals surface area contributed by atoms with E-state index in [9.17, 15) is 4.79 Å². The third-order valence-electron chi connectivity index (χ3n) is 6.32. The Morgan fingerprint density at radius 2 is 1.65 bits per heavy atom. The summed E-state index contributed by atoms with van der Waals surface area (Å²) in [6.07, 6.45) is 2.24. The highest BCUT2D eigenvalue weighted by Crippen LogP contribution is 2.46. The lowest BCUT2D eigenvalue weighted by Gasteiger charge is -2.24. The predicted molar refractivity (Wildman–Crippen MR) is 129 cm³/mol. The highest BCUT2D eigenvalue weighted by molar-refractivity contribution is 5.87. The maximum atomic E-state index is 12.4. The molecule has 3 atom stereocenters. The van der Waals surface area contributed by atoms with E-state index < -0.39 is 0 Å². The van der Waals surface area contributed by atoms with Gasteiger partial charge in [0, 0.05) is 11.5 Å². The summed E-state index contributed by atoms with van der Waals surface area (Å²) < 4.78 is 33.8. The summed E-state index contributed by atoms with van der Waals surface area (Å²) in [4.78, 5) is 12.4. The third-order valence-corrected chi connectivity index (χ3v) is 6.32. The van der Waals surface area contributed by atoms with Gasteiger partial charge in [0.2, 0.25) is 5.75 Å². The SMILES string of the molecule is CC=C(C)C(=O)OC[C@H]1[C@@H](Cc2ccc(OC)cc2)CO[C@@H]1c1cc(OC)c(OC)c(OC)c1. The van der Waals surface area contributed by atoms with Gasteiger partial charge in [0.15, 0.2) is 11.5 Å². The fraction of sp³-hybridized carbons (Fsp3) is 0.444. The van der Waals surface area contributed by atoms with Gasteiger partial charge in [-0.2, -0.15) is 0 Å². The molecule has 0 aromatic heterocycles. The van der Waals surface area contributed by atoms with Crippen molar-refractivity contribution in [2.75, 3.05) is 41.7 Å². The highest BCUT2D eigenvalue weighted by Gasteiger charge is 2.40. The first-order valence-corrected chi connectivity index (χ1v) is 11.3. The van der Waals surface area contributed by atoms with E-state index in [1.165, 1.54) is 5.56 Å². The zero-order chi connectivity index (χ0) is 24.7. The molecular weight excluding hydrogens is 436 g/mol. The fourth-order valence-corrected chi connectivity index (χ4v) is 4.23. The van der Waals surface area contributed by atoms with Gasteiger partial charge in [0.1, 0.15) is 5.75 Å². The minimum Gasteiger partial charge on any atom is -0.497 e. The molecule has 1 saturated heterocycles. The molecule has 34 heavy (non-hydrogen) atoms. The van der Waals surface area contributed by atoms with Crippen molar-refractivity contribution in [1.82, 2.24) is 0 Å². The molecular formula is C27H34O7. The number of allylic oxidation sites excluding steroid dienone is 1. The van der Waals surface area contributed by atoms with Crippen LogP contribution in [0.2, 0.25) is 0 Å². The van der Waals surface area contributed by atoms with E-state index in [1.54, 1.807) is 41.4 Å². The molecule has 1 aliphatic heterocycles. The Morgan fingerprint density at radius 3 is 2.18 bits per heavy atom. The molecule has 1 aliphatic rings. The summed E-state index contributed by atoms with van der Waals surface area (Å²) in [5, 5.41) is 0. The van der Waals surface area contributed by atoms with Gasteiger partial charge in [0.25, 0.3) is 0 Å². The third kappa shape index (κ3) is 5.65. The summed E-state index contributed by atoms with van der Waals surface area (Å²) >= 11 is 0. The predicted octanol–water partition coefficient (Wildman–Crippen LogP) is 4.78. The van der Waals surface area contributed by atoms with E-state index in [0.29, 0.717) is 29.4 Å². The van der Waals surface area contributed by atoms with Crippen molar-refractivity contribution in [2.45, 2.75) is 26.4 Å². The number of carbonyl (C=O) groups excluding carboxylic acids is 1. The van der Waals surface area contributed by atoms with E-state index in [2.05, 4.69) is 12.1 Å². The molecule has 1 heterocycles. The molecule has 0 spiro atoms. The highest BCUT2D eigenvalue weighted by atomic mass is 16.5. The van der Waals surface area contributed by atoms with Gasteiger partial charge in [-0.05, 0) is 61.6 Å². The van der Waals surface area contributed by atoms with Crippen LogP contribution in [0.5, 0.6) is 23.0 Å². The Balaban J connectivity index is 1.90. The molecule has 184 valence electrons. The summed E-state index contributed by atoms with van der Waals surface area (Å²) in [7, 11) is 6.39. The van der Waals surface area contributed by atoms with Crippen LogP contribution in [0.4, 0.5) is 0 Å². The first-order valence-electron chi connectivity index (χ1n) is 11.3. The average Bonchev–Trinajstić information content (AvgIpc) is 3.28. The van der Waals surface area contributed by atoms with Crippen LogP contribution in [-0.4, -0.2) is 47.6 Å². The Hall–Kier alpha value is -3.19. The minimum atomic E-state index is -0.318. The lowest BCUT2D eigenvalue weighted by Crippen LogP contribution is -2.24. The van der Waals surface area contributed by atoms with Gasteiger partial charge < -0.3 is 28.4 Å². The maximum Gasteiger partial charge on any atom is 0.333 e. The second-order valence-corrected chi connectivity index (χ2v) is 8.26. The summed E-state index contributed by atoms with van der Waals surface area (Å²) in [5.41, 5.74) is 2.63. The number of carbonyl (C=O) groups is 1. The maximum absolute atomic E-state index is 12.4. The molecule has 7 nitrogen and oxygen atoms in total. The van der Waals surface area contributed by atoms with Gasteiger partial charge in [0.05, 0.1) is 47.8 Å². The normalized spacial score (nSPS) is 20.1. The van der Waals surface area contributed by atoms with Crippen molar-refractivity contribution < 1.29 is 33.2 Å². The van der Waals surface area contributed by atoms with Crippen LogP contribution in [0.25, 0.3) is 0 Å². The monoisotopic (exact) mass is 470 g/mol. The standard InChI is InChI=1S/C27H34O7/c1-7-17(2)27(28)34-16-22-20(12-18-8-10-21(29-3)11-9-18)15-33-25(22)19-13-23(30-4)26(32-6)24(14-19)31-5/h7-11,13-14,20,22,25H,12,15-16H2,1-6H3/t20-,22-,25+/m0/s1. The van der Waals surface area contributed by atoms with E-state index in [0.717, 1.165) is 17.7 Å². The molecule has 1 fully saturated rings. The summed E-state index contributed by atoms with van der Waals surface area (Å²) in [6.45, 7) is 4.35. The summed E-state index contributed by atoms with van der Waals surface area (Å²) in [5.74, 6) is 2.22. The smallest absolute Gasteiger partial charge is 0.333 e. The molecule has 2 aromatic rings. The van der Waals surface area contributed by atoms with E-state index in [-0.39, 0.29) is 30.5 Å². The Morgan fingerprint density at radius 1 is 1.00 bits per heavy atom. The molecule has 7 heteroatoms. The van der Waals surface area contributed by atoms with E-state index in [1.807, 2.05) is 31.2 Å². The van der Waals surface area contributed by atoms with Crippen LogP contribution in [0, 0.1) is 11.8 Å². The lowest BCUT2D eigenvalue weighted by molar-refractivity contribution is -0.141. The van der Waals surface area contributed by atoms with E-state index in [4.69, 9.17) is 28.4 Å². The van der Waals surface area contributed by atoms with Crippen molar-refractivity contribution in [3.8, 4) is 23.0 Å². The minimum absolute atomic E-state index is 0.0569. The zero-order valence-electron chi connectivity index (χ0n) is 20.8. The van der Waals surface area contributed by atoms with Crippen molar-refractivity contribution in [3.63, 3.8) is 0 Å². The molecule has 0 saturated carbocycles.